The van der Waals surface area contributed by atoms with E-state index >= 15 is 0 Å². The summed E-state index contributed by atoms with van der Waals surface area (Å²) in [7, 11) is 0. The number of nitriles is 1. The Kier molecular flexibility index (Phi) is 6.14. The summed E-state index contributed by atoms with van der Waals surface area (Å²) in [6.07, 6.45) is 1.27. The maximum Gasteiger partial charge on any atom is 0.223 e. The summed E-state index contributed by atoms with van der Waals surface area (Å²) in [5.74, 6) is 0.162. The predicted molar refractivity (Wildman–Crippen MR) is 96.3 cm³/mol. The molecule has 0 fully saturated rings. The van der Waals surface area contributed by atoms with Gasteiger partial charge in [-0.1, -0.05) is 42.0 Å². The topological polar surface area (TPSA) is 44.1 Å². The number of amides is 1. The van der Waals surface area contributed by atoms with E-state index in [0.717, 1.165) is 12.0 Å². The van der Waals surface area contributed by atoms with Gasteiger partial charge in [-0.05, 0) is 50.5 Å². The fourth-order valence-corrected chi connectivity index (χ4v) is 2.59. The van der Waals surface area contributed by atoms with Crippen LogP contribution in [0.15, 0.2) is 48.5 Å². The van der Waals surface area contributed by atoms with Crippen LogP contribution < -0.4 is 0 Å². The first-order valence-corrected chi connectivity index (χ1v) is 8.33. The molecule has 0 radical (unpaired) electrons. The number of nitrogens with zero attached hydrogens (tertiary/aromatic N) is 2. The largest absolute Gasteiger partial charge is 0.336 e. The molecule has 3 heteroatoms. The van der Waals surface area contributed by atoms with Crippen LogP contribution in [0.5, 0.6) is 0 Å². The van der Waals surface area contributed by atoms with E-state index in [2.05, 4.69) is 37.3 Å². The van der Waals surface area contributed by atoms with Crippen molar-refractivity contribution in [3.63, 3.8) is 0 Å². The van der Waals surface area contributed by atoms with Crippen LogP contribution in [0, 0.1) is 18.3 Å². The molecule has 3 nitrogen and oxygen atoms in total. The lowest BCUT2D eigenvalue weighted by Gasteiger charge is -2.27. The minimum absolute atomic E-state index is 0.145. The lowest BCUT2D eigenvalue weighted by Crippen LogP contribution is -2.36. The highest BCUT2D eigenvalue weighted by Crippen LogP contribution is 2.13. The Hall–Kier alpha value is -2.60. The second kappa shape index (κ2) is 8.31. The highest BCUT2D eigenvalue weighted by Gasteiger charge is 2.17. The Labute approximate surface area is 144 Å². The molecular formula is C21H24N2O. The molecule has 0 atom stereocenters. The number of rotatable bonds is 6. The fraction of sp³-hybridized carbons (Fsp3) is 0.333. The van der Waals surface area contributed by atoms with Gasteiger partial charge in [0, 0.05) is 19.0 Å². The Balaban J connectivity index is 1.99. The Morgan fingerprint density at radius 2 is 1.62 bits per heavy atom. The SMILES string of the molecule is Cc1ccc(CCC(=O)N(Cc2ccc(C#N)cc2)C(C)C)cc1. The van der Waals surface area contributed by atoms with E-state index in [1.165, 1.54) is 11.1 Å². The monoisotopic (exact) mass is 320 g/mol. The van der Waals surface area contributed by atoms with E-state index in [9.17, 15) is 4.79 Å². The average molecular weight is 320 g/mol. The zero-order valence-corrected chi connectivity index (χ0v) is 14.6. The smallest absolute Gasteiger partial charge is 0.223 e. The van der Waals surface area contributed by atoms with E-state index in [0.29, 0.717) is 18.5 Å². The maximum atomic E-state index is 12.6. The predicted octanol–water partition coefficient (Wildman–Crippen LogP) is 4.24. The quantitative estimate of drug-likeness (QED) is 0.799. The maximum absolute atomic E-state index is 12.6. The molecule has 0 aliphatic heterocycles. The number of benzene rings is 2. The first-order chi connectivity index (χ1) is 11.5. The van der Waals surface area contributed by atoms with Gasteiger partial charge in [0.1, 0.15) is 0 Å². The van der Waals surface area contributed by atoms with Gasteiger partial charge < -0.3 is 4.90 Å². The second-order valence-corrected chi connectivity index (χ2v) is 6.41. The van der Waals surface area contributed by atoms with Crippen molar-refractivity contribution in [1.29, 1.82) is 5.26 Å². The van der Waals surface area contributed by atoms with Crippen molar-refractivity contribution in [3.05, 3.63) is 70.8 Å². The molecule has 0 aliphatic carbocycles. The van der Waals surface area contributed by atoms with E-state index in [1.54, 1.807) is 12.1 Å². The second-order valence-electron chi connectivity index (χ2n) is 6.41. The summed E-state index contributed by atoms with van der Waals surface area (Å²) in [6, 6.07) is 18.0. The number of hydrogen-bond acceptors (Lipinski definition) is 2. The highest BCUT2D eigenvalue weighted by atomic mass is 16.2. The van der Waals surface area contributed by atoms with Crippen molar-refractivity contribution >= 4 is 5.91 Å². The van der Waals surface area contributed by atoms with Crippen LogP contribution in [-0.4, -0.2) is 16.8 Å². The lowest BCUT2D eigenvalue weighted by molar-refractivity contribution is -0.133. The molecule has 2 rings (SSSR count). The number of hydrogen-bond donors (Lipinski definition) is 0. The summed E-state index contributed by atoms with van der Waals surface area (Å²) in [5.41, 5.74) is 4.11. The van der Waals surface area contributed by atoms with Gasteiger partial charge >= 0.3 is 0 Å². The van der Waals surface area contributed by atoms with Crippen LogP contribution >= 0.6 is 0 Å². The summed E-state index contributed by atoms with van der Waals surface area (Å²) in [4.78, 5) is 14.5. The van der Waals surface area contributed by atoms with Gasteiger partial charge in [0.15, 0.2) is 0 Å². The zero-order valence-electron chi connectivity index (χ0n) is 14.6. The molecular weight excluding hydrogens is 296 g/mol. The molecule has 0 saturated carbocycles. The molecule has 2 aromatic carbocycles. The fourth-order valence-electron chi connectivity index (χ4n) is 2.59. The Morgan fingerprint density at radius 3 is 2.17 bits per heavy atom. The molecule has 0 saturated heterocycles. The average Bonchev–Trinajstić information content (AvgIpc) is 2.59. The lowest BCUT2D eigenvalue weighted by atomic mass is 10.1. The minimum Gasteiger partial charge on any atom is -0.336 e. The van der Waals surface area contributed by atoms with E-state index < -0.39 is 0 Å². The van der Waals surface area contributed by atoms with E-state index in [1.807, 2.05) is 30.9 Å². The van der Waals surface area contributed by atoms with Gasteiger partial charge in [-0.2, -0.15) is 5.26 Å². The molecule has 124 valence electrons. The van der Waals surface area contributed by atoms with Crippen LogP contribution in [0.2, 0.25) is 0 Å². The molecule has 0 heterocycles. The normalized spacial score (nSPS) is 10.5. The molecule has 0 bridgehead atoms. The third-order valence-corrected chi connectivity index (χ3v) is 4.13. The molecule has 24 heavy (non-hydrogen) atoms. The number of carbonyl (C=O) groups is 1. The van der Waals surface area contributed by atoms with Gasteiger partial charge in [-0.15, -0.1) is 0 Å². The van der Waals surface area contributed by atoms with Gasteiger partial charge in [0.05, 0.1) is 11.6 Å². The summed E-state index contributed by atoms with van der Waals surface area (Å²) >= 11 is 0. The molecule has 0 N–H and O–H groups in total. The molecule has 1 amide bonds. The molecule has 0 aliphatic rings. The molecule has 2 aromatic rings. The van der Waals surface area contributed by atoms with Gasteiger partial charge in [0.2, 0.25) is 5.91 Å². The molecule has 0 spiro atoms. The van der Waals surface area contributed by atoms with E-state index in [4.69, 9.17) is 5.26 Å². The first kappa shape index (κ1) is 17.7. The Morgan fingerprint density at radius 1 is 1.04 bits per heavy atom. The minimum atomic E-state index is 0.145. The molecule has 0 unspecified atom stereocenters. The summed E-state index contributed by atoms with van der Waals surface area (Å²) in [5, 5.41) is 8.87. The van der Waals surface area contributed by atoms with Crippen molar-refractivity contribution in [3.8, 4) is 6.07 Å². The highest BCUT2D eigenvalue weighted by molar-refractivity contribution is 5.76. The van der Waals surface area contributed by atoms with E-state index in [-0.39, 0.29) is 11.9 Å². The number of aryl methyl sites for hydroxylation is 2. The van der Waals surface area contributed by atoms with Crippen LogP contribution in [-0.2, 0) is 17.8 Å². The third-order valence-electron chi connectivity index (χ3n) is 4.13. The van der Waals surface area contributed by atoms with Gasteiger partial charge in [-0.25, -0.2) is 0 Å². The van der Waals surface area contributed by atoms with Crippen LogP contribution in [0.4, 0.5) is 0 Å². The van der Waals surface area contributed by atoms with Crippen LogP contribution in [0.3, 0.4) is 0 Å². The Bertz CT molecular complexity index is 709. The number of carbonyl (C=O) groups excluding carboxylic acids is 1. The van der Waals surface area contributed by atoms with Gasteiger partial charge in [0.25, 0.3) is 0 Å². The zero-order chi connectivity index (χ0) is 17.5. The van der Waals surface area contributed by atoms with Crippen molar-refractivity contribution in [2.75, 3.05) is 0 Å². The van der Waals surface area contributed by atoms with Crippen molar-refractivity contribution in [1.82, 2.24) is 4.90 Å². The standard InChI is InChI=1S/C21H24N2O/c1-16(2)23(15-20-10-8-19(14-22)9-11-20)21(24)13-12-18-6-4-17(3)5-7-18/h4-11,16H,12-13,15H2,1-3H3. The van der Waals surface area contributed by atoms with Crippen LogP contribution in [0.1, 0.15) is 42.5 Å². The molecule has 0 aromatic heterocycles. The third kappa shape index (κ3) is 4.96. The van der Waals surface area contributed by atoms with Crippen molar-refractivity contribution < 1.29 is 4.79 Å². The van der Waals surface area contributed by atoms with Gasteiger partial charge in [-0.3, -0.25) is 4.79 Å². The van der Waals surface area contributed by atoms with Crippen molar-refractivity contribution in [2.24, 2.45) is 0 Å². The van der Waals surface area contributed by atoms with Crippen molar-refractivity contribution in [2.45, 2.75) is 46.2 Å². The summed E-state index contributed by atoms with van der Waals surface area (Å²) in [6.45, 7) is 6.71. The van der Waals surface area contributed by atoms with Crippen LogP contribution in [0.25, 0.3) is 0 Å². The summed E-state index contributed by atoms with van der Waals surface area (Å²) < 4.78 is 0. The first-order valence-electron chi connectivity index (χ1n) is 8.33.